The molecule has 1 aromatic rings. The summed E-state index contributed by atoms with van der Waals surface area (Å²) in [5.41, 5.74) is 0. The van der Waals surface area contributed by atoms with E-state index in [0.29, 0.717) is 6.04 Å². The fourth-order valence-corrected chi connectivity index (χ4v) is 2.21. The first-order chi connectivity index (χ1) is 7.88. The molecule has 0 saturated heterocycles. The molecule has 0 N–H and O–H groups in total. The zero-order chi connectivity index (χ0) is 11.6. The molecule has 0 aliphatic heterocycles. The van der Waals surface area contributed by atoms with Gasteiger partial charge >= 0.3 is 0 Å². The van der Waals surface area contributed by atoms with E-state index in [1.807, 2.05) is 12.5 Å². The van der Waals surface area contributed by atoms with Crippen LogP contribution < -0.4 is 0 Å². The molecular formula is C14H26N2. The van der Waals surface area contributed by atoms with E-state index in [1.165, 1.54) is 51.4 Å². The van der Waals surface area contributed by atoms with Crippen molar-refractivity contribution in [2.75, 3.05) is 0 Å². The van der Waals surface area contributed by atoms with Gasteiger partial charge in [0.25, 0.3) is 0 Å². The predicted octanol–water partition coefficient (Wildman–Crippen LogP) is 4.58. The molecule has 0 radical (unpaired) electrons. The molecule has 0 saturated carbocycles. The van der Waals surface area contributed by atoms with Crippen molar-refractivity contribution in [3.05, 3.63) is 18.7 Å². The molecule has 1 aromatic heterocycles. The van der Waals surface area contributed by atoms with Crippen molar-refractivity contribution in [3.8, 4) is 0 Å². The number of hydrogen-bond acceptors (Lipinski definition) is 1. The van der Waals surface area contributed by atoms with Gasteiger partial charge in [-0.2, -0.15) is 0 Å². The van der Waals surface area contributed by atoms with E-state index in [9.17, 15) is 0 Å². The second-order valence-electron chi connectivity index (χ2n) is 4.63. The minimum absolute atomic E-state index is 0.661. The molecule has 92 valence electrons. The maximum Gasteiger partial charge on any atom is 0.0948 e. The Kier molecular flexibility index (Phi) is 6.95. The number of rotatable bonds is 9. The average Bonchev–Trinajstić information content (AvgIpc) is 2.82. The molecule has 0 aliphatic carbocycles. The third-order valence-corrected chi connectivity index (χ3v) is 3.31. The topological polar surface area (TPSA) is 17.8 Å². The van der Waals surface area contributed by atoms with Crippen molar-refractivity contribution in [1.29, 1.82) is 0 Å². The van der Waals surface area contributed by atoms with Gasteiger partial charge in [-0.05, 0) is 12.8 Å². The summed E-state index contributed by atoms with van der Waals surface area (Å²) >= 11 is 0. The average molecular weight is 222 g/mol. The molecule has 1 atom stereocenters. The van der Waals surface area contributed by atoms with Gasteiger partial charge in [-0.15, -0.1) is 0 Å². The van der Waals surface area contributed by atoms with Crippen LogP contribution in [0.3, 0.4) is 0 Å². The van der Waals surface area contributed by atoms with E-state index in [2.05, 4.69) is 29.6 Å². The summed E-state index contributed by atoms with van der Waals surface area (Å²) in [5, 5.41) is 0. The van der Waals surface area contributed by atoms with Crippen LogP contribution >= 0.6 is 0 Å². The zero-order valence-electron chi connectivity index (χ0n) is 10.9. The van der Waals surface area contributed by atoms with Crippen molar-refractivity contribution in [2.45, 2.75) is 71.3 Å². The predicted molar refractivity (Wildman–Crippen MR) is 69.5 cm³/mol. The third kappa shape index (κ3) is 4.82. The summed E-state index contributed by atoms with van der Waals surface area (Å²) < 4.78 is 2.26. The molecule has 2 nitrogen and oxygen atoms in total. The number of imidazole rings is 1. The number of hydrogen-bond donors (Lipinski definition) is 0. The van der Waals surface area contributed by atoms with Crippen LogP contribution in [0.25, 0.3) is 0 Å². The van der Waals surface area contributed by atoms with Crippen LogP contribution in [0.5, 0.6) is 0 Å². The zero-order valence-corrected chi connectivity index (χ0v) is 10.9. The standard InChI is InChI=1S/C14H26N2/c1-3-5-6-7-8-9-10-14(4-2)16-12-11-15-13-16/h11-14H,3-10H2,1-2H3. The lowest BCUT2D eigenvalue weighted by Crippen LogP contribution is -2.05. The molecule has 0 bridgehead atoms. The van der Waals surface area contributed by atoms with Crippen LogP contribution in [0.1, 0.15) is 71.3 Å². The highest BCUT2D eigenvalue weighted by Crippen LogP contribution is 2.19. The first kappa shape index (κ1) is 13.3. The maximum absolute atomic E-state index is 4.12. The second-order valence-corrected chi connectivity index (χ2v) is 4.63. The van der Waals surface area contributed by atoms with Gasteiger partial charge in [0, 0.05) is 18.4 Å². The number of aromatic nitrogens is 2. The summed E-state index contributed by atoms with van der Waals surface area (Å²) in [6.07, 6.45) is 16.8. The Morgan fingerprint density at radius 3 is 2.44 bits per heavy atom. The fourth-order valence-electron chi connectivity index (χ4n) is 2.21. The Labute approximate surface area is 100 Å². The van der Waals surface area contributed by atoms with Gasteiger partial charge in [0.15, 0.2) is 0 Å². The molecule has 0 amide bonds. The fraction of sp³-hybridized carbons (Fsp3) is 0.786. The van der Waals surface area contributed by atoms with Gasteiger partial charge in [-0.3, -0.25) is 0 Å². The maximum atomic E-state index is 4.12. The molecule has 0 fully saturated rings. The Morgan fingerprint density at radius 1 is 1.06 bits per heavy atom. The summed E-state index contributed by atoms with van der Waals surface area (Å²) in [4.78, 5) is 4.12. The van der Waals surface area contributed by atoms with Gasteiger partial charge in [0.1, 0.15) is 0 Å². The van der Waals surface area contributed by atoms with Crippen LogP contribution in [0.15, 0.2) is 18.7 Å². The van der Waals surface area contributed by atoms with Crippen molar-refractivity contribution in [3.63, 3.8) is 0 Å². The largest absolute Gasteiger partial charge is 0.334 e. The number of unbranched alkanes of at least 4 members (excludes halogenated alkanes) is 5. The lowest BCUT2D eigenvalue weighted by atomic mass is 10.0. The van der Waals surface area contributed by atoms with Gasteiger partial charge in [-0.1, -0.05) is 52.4 Å². The highest BCUT2D eigenvalue weighted by atomic mass is 15.0. The molecule has 2 heteroatoms. The quantitative estimate of drug-likeness (QED) is 0.559. The number of nitrogens with zero attached hydrogens (tertiary/aromatic N) is 2. The molecule has 1 rings (SSSR count). The Balaban J connectivity index is 2.11. The van der Waals surface area contributed by atoms with Gasteiger partial charge < -0.3 is 4.57 Å². The minimum Gasteiger partial charge on any atom is -0.334 e. The Bertz CT molecular complexity index is 241. The summed E-state index contributed by atoms with van der Waals surface area (Å²) in [6, 6.07) is 0.661. The lowest BCUT2D eigenvalue weighted by molar-refractivity contribution is 0.425. The molecule has 0 aliphatic rings. The Morgan fingerprint density at radius 2 is 1.81 bits per heavy atom. The minimum atomic E-state index is 0.661. The molecule has 0 spiro atoms. The third-order valence-electron chi connectivity index (χ3n) is 3.31. The highest BCUT2D eigenvalue weighted by Gasteiger charge is 2.06. The second kappa shape index (κ2) is 8.37. The molecule has 16 heavy (non-hydrogen) atoms. The molecule has 1 unspecified atom stereocenters. The van der Waals surface area contributed by atoms with E-state index in [0.717, 1.165) is 0 Å². The normalized spacial score (nSPS) is 12.9. The van der Waals surface area contributed by atoms with Crippen molar-refractivity contribution < 1.29 is 0 Å². The first-order valence-corrected chi connectivity index (χ1v) is 6.86. The smallest absolute Gasteiger partial charge is 0.0948 e. The van der Waals surface area contributed by atoms with E-state index >= 15 is 0 Å². The van der Waals surface area contributed by atoms with E-state index in [1.54, 1.807) is 0 Å². The van der Waals surface area contributed by atoms with E-state index in [4.69, 9.17) is 0 Å². The lowest BCUT2D eigenvalue weighted by Gasteiger charge is -2.16. The molecular weight excluding hydrogens is 196 g/mol. The first-order valence-electron chi connectivity index (χ1n) is 6.86. The monoisotopic (exact) mass is 222 g/mol. The van der Waals surface area contributed by atoms with Crippen LogP contribution in [0.2, 0.25) is 0 Å². The van der Waals surface area contributed by atoms with Crippen molar-refractivity contribution in [1.82, 2.24) is 9.55 Å². The van der Waals surface area contributed by atoms with Gasteiger partial charge in [0.2, 0.25) is 0 Å². The van der Waals surface area contributed by atoms with E-state index < -0.39 is 0 Å². The van der Waals surface area contributed by atoms with Gasteiger partial charge in [0.05, 0.1) is 6.33 Å². The summed E-state index contributed by atoms with van der Waals surface area (Å²) in [7, 11) is 0. The van der Waals surface area contributed by atoms with Crippen molar-refractivity contribution >= 4 is 0 Å². The van der Waals surface area contributed by atoms with Crippen LogP contribution in [0.4, 0.5) is 0 Å². The summed E-state index contributed by atoms with van der Waals surface area (Å²) in [5.74, 6) is 0. The summed E-state index contributed by atoms with van der Waals surface area (Å²) in [6.45, 7) is 4.54. The SMILES string of the molecule is CCCCCCCCC(CC)n1ccnc1. The van der Waals surface area contributed by atoms with Crippen LogP contribution in [-0.2, 0) is 0 Å². The van der Waals surface area contributed by atoms with Crippen molar-refractivity contribution in [2.24, 2.45) is 0 Å². The van der Waals surface area contributed by atoms with Crippen LogP contribution in [0, 0.1) is 0 Å². The van der Waals surface area contributed by atoms with Gasteiger partial charge in [-0.25, -0.2) is 4.98 Å². The van der Waals surface area contributed by atoms with E-state index in [-0.39, 0.29) is 0 Å². The molecule has 0 aromatic carbocycles. The Hall–Kier alpha value is -0.790. The van der Waals surface area contributed by atoms with Crippen LogP contribution in [-0.4, -0.2) is 9.55 Å². The highest BCUT2D eigenvalue weighted by molar-refractivity contribution is 4.79. The molecule has 1 heterocycles.